The summed E-state index contributed by atoms with van der Waals surface area (Å²) in [6, 6.07) is 9.05. The fraction of sp³-hybridized carbons (Fsp3) is 0.385. The van der Waals surface area contributed by atoms with Crippen molar-refractivity contribution in [1.29, 1.82) is 0 Å². The maximum atomic E-state index is 11.7. The summed E-state index contributed by atoms with van der Waals surface area (Å²) >= 11 is 0. The Morgan fingerprint density at radius 2 is 1.71 bits per heavy atom. The molecule has 0 saturated heterocycles. The largest absolute Gasteiger partial charge is 0.298 e. The van der Waals surface area contributed by atoms with E-state index in [1.54, 1.807) is 26.0 Å². The van der Waals surface area contributed by atoms with Crippen LogP contribution in [0.15, 0.2) is 30.3 Å². The smallest absolute Gasteiger partial charge is 0.176 e. The van der Waals surface area contributed by atoms with E-state index < -0.39 is 5.54 Å². The first-order chi connectivity index (χ1) is 7.43. The minimum atomic E-state index is -0.648. The highest BCUT2D eigenvalue weighted by atomic mass is 35.5. The van der Waals surface area contributed by atoms with E-state index in [9.17, 15) is 9.59 Å². The number of rotatable bonds is 5. The van der Waals surface area contributed by atoms with Crippen molar-refractivity contribution in [2.45, 2.75) is 26.3 Å². The Labute approximate surface area is 108 Å². The number of carbonyl (C=O) groups excluding carboxylic acids is 2. The van der Waals surface area contributed by atoms with Gasteiger partial charge in [0, 0.05) is 5.56 Å². The molecule has 1 aromatic carbocycles. The molecule has 0 aromatic heterocycles. The molecule has 0 bridgehead atoms. The van der Waals surface area contributed by atoms with Crippen molar-refractivity contribution in [3.05, 3.63) is 35.9 Å². The molecule has 1 N–H and O–H groups in total. The van der Waals surface area contributed by atoms with Crippen LogP contribution in [-0.2, 0) is 4.79 Å². The third kappa shape index (κ3) is 4.67. The van der Waals surface area contributed by atoms with Crippen LogP contribution in [0, 0.1) is 0 Å². The zero-order valence-electron chi connectivity index (χ0n) is 10.3. The van der Waals surface area contributed by atoms with Gasteiger partial charge < -0.3 is 0 Å². The van der Waals surface area contributed by atoms with Crippen LogP contribution in [0.3, 0.4) is 0 Å². The Bertz CT molecular complexity index is 388. The average Bonchev–Trinajstić information content (AvgIpc) is 2.27. The van der Waals surface area contributed by atoms with Gasteiger partial charge in [-0.1, -0.05) is 30.3 Å². The van der Waals surface area contributed by atoms with E-state index in [0.29, 0.717) is 5.56 Å². The SMILES string of the molecule is CC(=O)C(C)(C)NCC(=O)c1ccccc1.Cl. The van der Waals surface area contributed by atoms with Gasteiger partial charge in [0.05, 0.1) is 12.1 Å². The molecule has 17 heavy (non-hydrogen) atoms. The van der Waals surface area contributed by atoms with Crippen LogP contribution in [0.2, 0.25) is 0 Å². The second kappa shape index (κ2) is 6.52. The summed E-state index contributed by atoms with van der Waals surface area (Å²) in [5, 5.41) is 2.96. The number of ketones is 2. The van der Waals surface area contributed by atoms with Crippen molar-refractivity contribution in [2.75, 3.05) is 6.54 Å². The monoisotopic (exact) mass is 255 g/mol. The van der Waals surface area contributed by atoms with Crippen molar-refractivity contribution in [3.63, 3.8) is 0 Å². The minimum absolute atomic E-state index is 0. The first kappa shape index (κ1) is 15.8. The van der Waals surface area contributed by atoms with Crippen LogP contribution in [-0.4, -0.2) is 23.7 Å². The molecule has 1 aromatic rings. The third-order valence-corrected chi connectivity index (χ3v) is 2.67. The Hall–Kier alpha value is -1.19. The lowest BCUT2D eigenvalue weighted by molar-refractivity contribution is -0.122. The number of carbonyl (C=O) groups is 2. The minimum Gasteiger partial charge on any atom is -0.298 e. The second-order valence-corrected chi connectivity index (χ2v) is 4.32. The van der Waals surface area contributed by atoms with Gasteiger partial charge in [-0.3, -0.25) is 14.9 Å². The van der Waals surface area contributed by atoms with Gasteiger partial charge in [-0.2, -0.15) is 0 Å². The second-order valence-electron chi connectivity index (χ2n) is 4.32. The van der Waals surface area contributed by atoms with Crippen molar-refractivity contribution >= 4 is 24.0 Å². The highest BCUT2D eigenvalue weighted by molar-refractivity contribution is 5.98. The van der Waals surface area contributed by atoms with Crippen molar-refractivity contribution in [1.82, 2.24) is 5.32 Å². The van der Waals surface area contributed by atoms with Crippen LogP contribution < -0.4 is 5.32 Å². The summed E-state index contributed by atoms with van der Waals surface area (Å²) in [6.07, 6.45) is 0. The molecule has 0 aliphatic carbocycles. The molecular weight excluding hydrogens is 238 g/mol. The Morgan fingerprint density at radius 1 is 1.18 bits per heavy atom. The van der Waals surface area contributed by atoms with E-state index in [1.807, 2.05) is 18.2 Å². The van der Waals surface area contributed by atoms with E-state index in [1.165, 1.54) is 6.92 Å². The van der Waals surface area contributed by atoms with E-state index in [4.69, 9.17) is 0 Å². The van der Waals surface area contributed by atoms with Crippen LogP contribution in [0.4, 0.5) is 0 Å². The average molecular weight is 256 g/mol. The zero-order chi connectivity index (χ0) is 12.2. The van der Waals surface area contributed by atoms with E-state index in [-0.39, 0.29) is 30.5 Å². The van der Waals surface area contributed by atoms with E-state index in [2.05, 4.69) is 5.32 Å². The quantitative estimate of drug-likeness (QED) is 0.821. The zero-order valence-corrected chi connectivity index (χ0v) is 11.1. The standard InChI is InChI=1S/C13H17NO2.ClH/c1-10(15)13(2,3)14-9-12(16)11-7-5-4-6-8-11;/h4-8,14H,9H2,1-3H3;1H. The topological polar surface area (TPSA) is 46.2 Å². The molecule has 0 atom stereocenters. The van der Waals surface area contributed by atoms with Crippen LogP contribution in [0.1, 0.15) is 31.1 Å². The van der Waals surface area contributed by atoms with Gasteiger partial charge in [0.1, 0.15) is 5.78 Å². The van der Waals surface area contributed by atoms with Crippen LogP contribution in [0.25, 0.3) is 0 Å². The molecule has 94 valence electrons. The van der Waals surface area contributed by atoms with Crippen molar-refractivity contribution < 1.29 is 9.59 Å². The Balaban J connectivity index is 0.00000256. The fourth-order valence-corrected chi connectivity index (χ4v) is 1.15. The van der Waals surface area contributed by atoms with Gasteiger partial charge in [-0.15, -0.1) is 12.4 Å². The van der Waals surface area contributed by atoms with E-state index >= 15 is 0 Å². The van der Waals surface area contributed by atoms with Gasteiger partial charge >= 0.3 is 0 Å². The molecule has 0 aliphatic rings. The first-order valence-electron chi connectivity index (χ1n) is 5.28. The summed E-state index contributed by atoms with van der Waals surface area (Å²) in [5.74, 6) is 0.0169. The summed E-state index contributed by atoms with van der Waals surface area (Å²) in [6.45, 7) is 5.23. The molecule has 0 aliphatic heterocycles. The van der Waals surface area contributed by atoms with Gasteiger partial charge in [0.15, 0.2) is 5.78 Å². The predicted molar refractivity (Wildman–Crippen MR) is 70.8 cm³/mol. The number of hydrogen-bond acceptors (Lipinski definition) is 3. The van der Waals surface area contributed by atoms with Crippen LogP contribution in [0.5, 0.6) is 0 Å². The normalized spacial score (nSPS) is 10.5. The van der Waals surface area contributed by atoms with Gasteiger partial charge in [-0.25, -0.2) is 0 Å². The summed E-state index contributed by atoms with van der Waals surface area (Å²) in [7, 11) is 0. The van der Waals surface area contributed by atoms with E-state index in [0.717, 1.165) is 0 Å². The predicted octanol–water partition coefficient (Wildman–Crippen LogP) is 2.25. The lowest BCUT2D eigenvalue weighted by Gasteiger charge is -2.22. The molecule has 0 unspecified atom stereocenters. The maximum absolute atomic E-state index is 11.7. The number of nitrogens with one attached hydrogen (secondary N) is 1. The molecule has 4 heteroatoms. The van der Waals surface area contributed by atoms with Crippen LogP contribution >= 0.6 is 12.4 Å². The fourth-order valence-electron chi connectivity index (χ4n) is 1.15. The number of halogens is 1. The molecule has 0 heterocycles. The first-order valence-corrected chi connectivity index (χ1v) is 5.28. The summed E-state index contributed by atoms with van der Waals surface area (Å²) < 4.78 is 0. The molecule has 1 rings (SSSR count). The molecule has 0 fully saturated rings. The summed E-state index contributed by atoms with van der Waals surface area (Å²) in [5.41, 5.74) is 0.0131. The number of hydrogen-bond donors (Lipinski definition) is 1. The Morgan fingerprint density at radius 3 is 2.18 bits per heavy atom. The van der Waals surface area contributed by atoms with Crippen molar-refractivity contribution in [2.24, 2.45) is 0 Å². The highest BCUT2D eigenvalue weighted by Crippen LogP contribution is 2.04. The molecule has 0 radical (unpaired) electrons. The molecule has 0 spiro atoms. The molecule has 3 nitrogen and oxygen atoms in total. The van der Waals surface area contributed by atoms with Gasteiger partial charge in [0.2, 0.25) is 0 Å². The van der Waals surface area contributed by atoms with Crippen molar-refractivity contribution in [3.8, 4) is 0 Å². The maximum Gasteiger partial charge on any atom is 0.176 e. The number of benzene rings is 1. The van der Waals surface area contributed by atoms with Gasteiger partial charge in [-0.05, 0) is 20.8 Å². The molecule has 0 saturated carbocycles. The van der Waals surface area contributed by atoms with Gasteiger partial charge in [0.25, 0.3) is 0 Å². The highest BCUT2D eigenvalue weighted by Gasteiger charge is 2.23. The molecule has 0 amide bonds. The number of Topliss-reactive ketones (excluding diaryl/α,β-unsaturated/α-hetero) is 2. The lowest BCUT2D eigenvalue weighted by Crippen LogP contribution is -2.47. The Kier molecular flexibility index (Phi) is 6.07. The lowest BCUT2D eigenvalue weighted by atomic mass is 10.00. The third-order valence-electron chi connectivity index (χ3n) is 2.67. The summed E-state index contributed by atoms with van der Waals surface area (Å²) in [4.78, 5) is 23.0. The molecular formula is C13H18ClNO2.